The fourth-order valence-corrected chi connectivity index (χ4v) is 5.13. The summed E-state index contributed by atoms with van der Waals surface area (Å²) in [6.07, 6.45) is 4.52. The molecular weight excluding hydrogens is 278 g/mol. The van der Waals surface area contributed by atoms with Crippen LogP contribution in [0.15, 0.2) is 4.52 Å². The van der Waals surface area contributed by atoms with Gasteiger partial charge in [0.05, 0.1) is 17.0 Å². The Morgan fingerprint density at radius 3 is 2.85 bits per heavy atom. The summed E-state index contributed by atoms with van der Waals surface area (Å²) in [4.78, 5) is 4.42. The van der Waals surface area contributed by atoms with Crippen LogP contribution in [0.4, 0.5) is 0 Å². The minimum Gasteiger partial charge on any atom is -0.337 e. The van der Waals surface area contributed by atoms with Crippen LogP contribution in [0.1, 0.15) is 56.7 Å². The zero-order valence-corrected chi connectivity index (χ0v) is 12.5. The highest BCUT2D eigenvalue weighted by Gasteiger charge is 2.39. The molecule has 1 aromatic heterocycles. The van der Waals surface area contributed by atoms with Gasteiger partial charge in [-0.15, -0.1) is 0 Å². The fourth-order valence-electron chi connectivity index (χ4n) is 3.39. The van der Waals surface area contributed by atoms with Gasteiger partial charge in [0, 0.05) is 5.92 Å². The van der Waals surface area contributed by atoms with Crippen LogP contribution in [-0.4, -0.2) is 30.1 Å². The van der Waals surface area contributed by atoms with Crippen molar-refractivity contribution in [2.75, 3.05) is 11.5 Å². The standard InChI is InChI=1S/C13H21N3O3S/c1-9-3-2-5-13(14,7-9)12-15-11(16-19-12)10-4-6-20(17,18)8-10/h9-10H,2-8,14H2,1H3. The van der Waals surface area contributed by atoms with Gasteiger partial charge in [0.15, 0.2) is 15.7 Å². The van der Waals surface area contributed by atoms with E-state index in [1.165, 1.54) is 6.42 Å². The summed E-state index contributed by atoms with van der Waals surface area (Å²) >= 11 is 0. The van der Waals surface area contributed by atoms with Crippen molar-refractivity contribution in [2.45, 2.75) is 50.5 Å². The number of hydrogen-bond donors (Lipinski definition) is 1. The molecule has 0 spiro atoms. The first-order chi connectivity index (χ1) is 9.38. The number of nitrogens with two attached hydrogens (primary N) is 1. The molecule has 1 aliphatic carbocycles. The van der Waals surface area contributed by atoms with Crippen molar-refractivity contribution in [1.29, 1.82) is 0 Å². The summed E-state index contributed by atoms with van der Waals surface area (Å²) in [6.45, 7) is 2.18. The first-order valence-corrected chi connectivity index (χ1v) is 9.03. The molecule has 20 heavy (non-hydrogen) atoms. The minimum atomic E-state index is -2.94. The average Bonchev–Trinajstić information content (AvgIpc) is 2.95. The van der Waals surface area contributed by atoms with Crippen LogP contribution in [-0.2, 0) is 15.4 Å². The molecule has 0 radical (unpaired) electrons. The van der Waals surface area contributed by atoms with Crippen molar-refractivity contribution in [3.8, 4) is 0 Å². The molecule has 3 atom stereocenters. The van der Waals surface area contributed by atoms with Gasteiger partial charge in [-0.1, -0.05) is 24.9 Å². The highest BCUT2D eigenvalue weighted by atomic mass is 32.2. The molecule has 0 aromatic carbocycles. The molecule has 1 saturated carbocycles. The van der Waals surface area contributed by atoms with E-state index in [2.05, 4.69) is 17.1 Å². The highest BCUT2D eigenvalue weighted by molar-refractivity contribution is 7.91. The van der Waals surface area contributed by atoms with E-state index in [9.17, 15) is 8.42 Å². The van der Waals surface area contributed by atoms with E-state index < -0.39 is 15.4 Å². The van der Waals surface area contributed by atoms with Crippen molar-refractivity contribution in [2.24, 2.45) is 11.7 Å². The maximum absolute atomic E-state index is 11.5. The lowest BCUT2D eigenvalue weighted by Crippen LogP contribution is -2.41. The molecule has 3 unspecified atom stereocenters. The van der Waals surface area contributed by atoms with Gasteiger partial charge in [0.1, 0.15) is 0 Å². The summed E-state index contributed by atoms with van der Waals surface area (Å²) in [5, 5.41) is 3.98. The lowest BCUT2D eigenvalue weighted by molar-refractivity contribution is 0.183. The van der Waals surface area contributed by atoms with Gasteiger partial charge >= 0.3 is 0 Å². The Balaban J connectivity index is 1.80. The second-order valence-corrected chi connectivity index (χ2v) is 8.64. The third-order valence-electron chi connectivity index (χ3n) is 4.50. The number of sulfone groups is 1. The van der Waals surface area contributed by atoms with Crippen molar-refractivity contribution in [1.82, 2.24) is 10.1 Å². The largest absolute Gasteiger partial charge is 0.337 e. The summed E-state index contributed by atoms with van der Waals surface area (Å²) in [5.74, 6) is 1.73. The van der Waals surface area contributed by atoms with Gasteiger partial charge < -0.3 is 10.3 Å². The van der Waals surface area contributed by atoms with Crippen LogP contribution >= 0.6 is 0 Å². The molecule has 1 aliphatic heterocycles. The molecule has 0 amide bonds. The zero-order chi connectivity index (χ0) is 14.4. The molecule has 2 aliphatic rings. The normalized spacial score (nSPS) is 37.1. The van der Waals surface area contributed by atoms with Crippen LogP contribution in [0.25, 0.3) is 0 Å². The molecule has 2 N–H and O–H groups in total. The molecule has 6 nitrogen and oxygen atoms in total. The maximum atomic E-state index is 11.5. The monoisotopic (exact) mass is 299 g/mol. The summed E-state index contributed by atoms with van der Waals surface area (Å²) in [6, 6.07) is 0. The Bertz CT molecular complexity index is 598. The topological polar surface area (TPSA) is 99.1 Å². The Labute approximate surface area is 119 Å². The summed E-state index contributed by atoms with van der Waals surface area (Å²) < 4.78 is 28.4. The molecule has 3 rings (SSSR count). The third kappa shape index (κ3) is 2.61. The molecule has 2 fully saturated rings. The Morgan fingerprint density at radius 1 is 1.40 bits per heavy atom. The number of nitrogens with zero attached hydrogens (tertiary/aromatic N) is 2. The molecule has 2 heterocycles. The second-order valence-electron chi connectivity index (χ2n) is 6.42. The highest BCUT2D eigenvalue weighted by Crippen LogP contribution is 2.38. The Kier molecular flexibility index (Phi) is 3.36. The quantitative estimate of drug-likeness (QED) is 0.884. The number of aromatic nitrogens is 2. The second kappa shape index (κ2) is 4.80. The van der Waals surface area contributed by atoms with E-state index in [4.69, 9.17) is 10.3 Å². The maximum Gasteiger partial charge on any atom is 0.246 e. The molecule has 7 heteroatoms. The average molecular weight is 299 g/mol. The molecule has 1 saturated heterocycles. The van der Waals surface area contributed by atoms with E-state index in [0.29, 0.717) is 24.1 Å². The van der Waals surface area contributed by atoms with E-state index >= 15 is 0 Å². The summed E-state index contributed by atoms with van der Waals surface area (Å²) in [5.41, 5.74) is 5.88. The van der Waals surface area contributed by atoms with Gasteiger partial charge in [-0.25, -0.2) is 8.42 Å². The van der Waals surface area contributed by atoms with Gasteiger partial charge in [-0.2, -0.15) is 4.98 Å². The predicted octanol–water partition coefficient (Wildman–Crippen LogP) is 1.34. The van der Waals surface area contributed by atoms with Crippen molar-refractivity contribution in [3.05, 3.63) is 11.7 Å². The third-order valence-corrected chi connectivity index (χ3v) is 6.27. The van der Waals surface area contributed by atoms with Crippen LogP contribution in [0, 0.1) is 5.92 Å². The molecule has 1 aromatic rings. The lowest BCUT2D eigenvalue weighted by atomic mass is 9.77. The van der Waals surface area contributed by atoms with Crippen molar-refractivity contribution in [3.63, 3.8) is 0 Å². The zero-order valence-electron chi connectivity index (χ0n) is 11.7. The van der Waals surface area contributed by atoms with Crippen molar-refractivity contribution >= 4 is 9.84 Å². The first-order valence-electron chi connectivity index (χ1n) is 7.21. The van der Waals surface area contributed by atoms with Gasteiger partial charge in [-0.3, -0.25) is 0 Å². The van der Waals surface area contributed by atoms with Crippen LogP contribution in [0.5, 0.6) is 0 Å². The predicted molar refractivity (Wildman–Crippen MR) is 73.8 cm³/mol. The van der Waals surface area contributed by atoms with Crippen molar-refractivity contribution < 1.29 is 12.9 Å². The van der Waals surface area contributed by atoms with Gasteiger partial charge in [-0.05, 0) is 25.2 Å². The van der Waals surface area contributed by atoms with Gasteiger partial charge in [0.25, 0.3) is 0 Å². The van der Waals surface area contributed by atoms with E-state index in [-0.39, 0.29) is 17.4 Å². The van der Waals surface area contributed by atoms with E-state index in [1.54, 1.807) is 0 Å². The van der Waals surface area contributed by atoms with Crippen LogP contribution in [0.3, 0.4) is 0 Å². The Hall–Kier alpha value is -0.950. The van der Waals surface area contributed by atoms with E-state index in [0.717, 1.165) is 19.3 Å². The van der Waals surface area contributed by atoms with Crippen LogP contribution in [0.2, 0.25) is 0 Å². The number of hydrogen-bond acceptors (Lipinski definition) is 6. The number of rotatable bonds is 2. The fraction of sp³-hybridized carbons (Fsp3) is 0.846. The summed E-state index contributed by atoms with van der Waals surface area (Å²) in [7, 11) is -2.94. The molecule has 0 bridgehead atoms. The SMILES string of the molecule is CC1CCCC(N)(c2nc(C3CCS(=O)(=O)C3)no2)C1. The van der Waals surface area contributed by atoms with E-state index in [1.807, 2.05) is 0 Å². The minimum absolute atomic E-state index is 0.125. The Morgan fingerprint density at radius 2 is 2.20 bits per heavy atom. The molecular formula is C13H21N3O3S. The van der Waals surface area contributed by atoms with Crippen LogP contribution < -0.4 is 5.73 Å². The lowest BCUT2D eigenvalue weighted by Gasteiger charge is -2.33. The first kappa shape index (κ1) is 14.0. The molecule has 112 valence electrons. The van der Waals surface area contributed by atoms with Gasteiger partial charge in [0.2, 0.25) is 5.89 Å². The smallest absolute Gasteiger partial charge is 0.246 e.